The molecule has 2 aromatic carbocycles. The van der Waals surface area contributed by atoms with Crippen LogP contribution in [0.5, 0.6) is 23.0 Å². The first-order chi connectivity index (χ1) is 17.5. The summed E-state index contributed by atoms with van der Waals surface area (Å²) in [7, 11) is 1.61. The number of aryl methyl sites for hydroxylation is 1. The molecule has 2 N–H and O–H groups in total. The lowest BCUT2D eigenvalue weighted by Gasteiger charge is -2.17. The summed E-state index contributed by atoms with van der Waals surface area (Å²) in [5, 5.41) is 0. The van der Waals surface area contributed by atoms with Gasteiger partial charge in [0.25, 0.3) is 5.91 Å². The lowest BCUT2D eigenvalue weighted by molar-refractivity contribution is -0.121. The first-order valence-electron chi connectivity index (χ1n) is 11.9. The van der Waals surface area contributed by atoms with Crippen molar-refractivity contribution in [2.75, 3.05) is 26.9 Å². The minimum atomic E-state index is -0.506. The number of nitrogens with one attached hydrogen (secondary N) is 2. The van der Waals surface area contributed by atoms with Crippen LogP contribution in [0.25, 0.3) is 11.3 Å². The van der Waals surface area contributed by atoms with Gasteiger partial charge >= 0.3 is 0 Å². The number of hydrogen-bond donors (Lipinski definition) is 2. The third-order valence-electron chi connectivity index (χ3n) is 5.12. The molecule has 0 bridgehead atoms. The van der Waals surface area contributed by atoms with Gasteiger partial charge in [-0.1, -0.05) is 0 Å². The third kappa shape index (κ3) is 6.94. The number of benzene rings is 2. The van der Waals surface area contributed by atoms with E-state index in [-0.39, 0.29) is 17.9 Å². The molecule has 0 radical (unpaired) electrons. The van der Waals surface area contributed by atoms with Gasteiger partial charge in [-0.05, 0) is 69.3 Å². The van der Waals surface area contributed by atoms with Crippen molar-refractivity contribution in [2.45, 2.75) is 33.6 Å². The number of hydrogen-bond acceptors (Lipinski definition) is 7. The summed E-state index contributed by atoms with van der Waals surface area (Å²) in [6.07, 6.45) is 0.511. The molecule has 0 spiro atoms. The standard InChI is InChI=1S/C27H32N2O7/c1-5-33-23-16-19(17-24(34-6-2)26(23)35-7-3)27(31)29-28-25(30)15-13-21-12-14-22(36-21)18-8-10-20(32-4)11-9-18/h8-12,14,16-17H,5-7,13,15H2,1-4H3,(H,28,30)(H,29,31). The average molecular weight is 497 g/mol. The number of methoxy groups -OCH3 is 1. The summed E-state index contributed by atoms with van der Waals surface area (Å²) >= 11 is 0. The molecule has 3 rings (SSSR count). The summed E-state index contributed by atoms with van der Waals surface area (Å²) in [5.74, 6) is 2.50. The Labute approximate surface area is 210 Å². The SMILES string of the molecule is CCOc1cc(C(=O)NNC(=O)CCc2ccc(-c3ccc(OC)cc3)o2)cc(OCC)c1OCC. The van der Waals surface area contributed by atoms with Crippen LogP contribution in [0.15, 0.2) is 52.9 Å². The molecular weight excluding hydrogens is 464 g/mol. The summed E-state index contributed by atoms with van der Waals surface area (Å²) in [5.41, 5.74) is 6.05. The molecule has 0 aliphatic heterocycles. The maximum atomic E-state index is 12.7. The van der Waals surface area contributed by atoms with Gasteiger partial charge in [-0.3, -0.25) is 20.4 Å². The van der Waals surface area contributed by atoms with Crippen LogP contribution < -0.4 is 29.8 Å². The van der Waals surface area contributed by atoms with E-state index in [1.54, 1.807) is 19.2 Å². The number of rotatable bonds is 12. The van der Waals surface area contributed by atoms with Crippen LogP contribution in [0, 0.1) is 0 Å². The Bertz CT molecular complexity index is 1130. The highest BCUT2D eigenvalue weighted by molar-refractivity contribution is 5.96. The molecule has 1 heterocycles. The van der Waals surface area contributed by atoms with Gasteiger partial charge in [0.2, 0.25) is 11.7 Å². The molecule has 2 amide bonds. The highest BCUT2D eigenvalue weighted by Crippen LogP contribution is 2.39. The van der Waals surface area contributed by atoms with Crippen LogP contribution in [0.4, 0.5) is 0 Å². The predicted octanol–water partition coefficient (Wildman–Crippen LogP) is 4.55. The van der Waals surface area contributed by atoms with Gasteiger partial charge in [-0.25, -0.2) is 0 Å². The van der Waals surface area contributed by atoms with Crippen LogP contribution in [0.2, 0.25) is 0 Å². The van der Waals surface area contributed by atoms with E-state index in [0.717, 1.165) is 11.3 Å². The van der Waals surface area contributed by atoms with E-state index in [4.69, 9.17) is 23.4 Å². The van der Waals surface area contributed by atoms with E-state index in [9.17, 15) is 9.59 Å². The van der Waals surface area contributed by atoms with Gasteiger partial charge in [-0.2, -0.15) is 0 Å². The quantitative estimate of drug-likeness (QED) is 0.354. The van der Waals surface area contributed by atoms with Crippen molar-refractivity contribution in [3.05, 3.63) is 59.9 Å². The molecule has 1 aromatic heterocycles. The van der Waals surface area contributed by atoms with Crippen molar-refractivity contribution in [1.29, 1.82) is 0 Å². The second-order valence-electron chi connectivity index (χ2n) is 7.60. The van der Waals surface area contributed by atoms with Crippen molar-refractivity contribution in [1.82, 2.24) is 10.9 Å². The van der Waals surface area contributed by atoms with E-state index < -0.39 is 5.91 Å². The molecule has 0 saturated carbocycles. The van der Waals surface area contributed by atoms with Crippen molar-refractivity contribution >= 4 is 11.8 Å². The van der Waals surface area contributed by atoms with Crippen LogP contribution in [-0.4, -0.2) is 38.7 Å². The minimum absolute atomic E-state index is 0.132. The van der Waals surface area contributed by atoms with Gasteiger partial charge in [0, 0.05) is 24.0 Å². The molecule has 36 heavy (non-hydrogen) atoms. The zero-order valence-corrected chi connectivity index (χ0v) is 21.0. The predicted molar refractivity (Wildman–Crippen MR) is 135 cm³/mol. The van der Waals surface area contributed by atoms with Crippen molar-refractivity contribution in [2.24, 2.45) is 0 Å². The molecule has 192 valence electrons. The monoisotopic (exact) mass is 496 g/mol. The molecular formula is C27H32N2O7. The zero-order chi connectivity index (χ0) is 25.9. The maximum Gasteiger partial charge on any atom is 0.269 e. The van der Waals surface area contributed by atoms with Crippen molar-refractivity contribution in [3.8, 4) is 34.3 Å². The van der Waals surface area contributed by atoms with Crippen LogP contribution in [0.3, 0.4) is 0 Å². The Morgan fingerprint density at radius 1 is 0.833 bits per heavy atom. The Kier molecular flexibility index (Phi) is 9.62. The fourth-order valence-electron chi connectivity index (χ4n) is 3.44. The Morgan fingerprint density at radius 3 is 2.06 bits per heavy atom. The third-order valence-corrected chi connectivity index (χ3v) is 5.12. The van der Waals surface area contributed by atoms with E-state index in [2.05, 4.69) is 10.9 Å². The average Bonchev–Trinajstić information content (AvgIpc) is 3.37. The number of carbonyl (C=O) groups excluding carboxylic acids is 2. The number of carbonyl (C=O) groups is 2. The minimum Gasteiger partial charge on any atom is -0.497 e. The van der Waals surface area contributed by atoms with E-state index in [1.807, 2.05) is 57.2 Å². The molecule has 0 aliphatic carbocycles. The second-order valence-corrected chi connectivity index (χ2v) is 7.60. The Balaban J connectivity index is 1.57. The zero-order valence-electron chi connectivity index (χ0n) is 21.0. The first kappa shape index (κ1) is 26.5. The highest BCUT2D eigenvalue weighted by Gasteiger charge is 2.19. The molecule has 0 atom stereocenters. The molecule has 9 nitrogen and oxygen atoms in total. The number of hydrazine groups is 1. The largest absolute Gasteiger partial charge is 0.497 e. The highest BCUT2D eigenvalue weighted by atomic mass is 16.5. The maximum absolute atomic E-state index is 12.7. The number of furan rings is 1. The van der Waals surface area contributed by atoms with Crippen LogP contribution in [0.1, 0.15) is 43.3 Å². The van der Waals surface area contributed by atoms with Gasteiger partial charge < -0.3 is 23.4 Å². The van der Waals surface area contributed by atoms with Gasteiger partial charge in [0.1, 0.15) is 17.3 Å². The lowest BCUT2D eigenvalue weighted by Crippen LogP contribution is -2.41. The van der Waals surface area contributed by atoms with Gasteiger partial charge in [0.15, 0.2) is 11.5 Å². The van der Waals surface area contributed by atoms with Crippen molar-refractivity contribution < 1.29 is 33.0 Å². The molecule has 0 fully saturated rings. The Hall–Kier alpha value is -4.14. The first-order valence-corrected chi connectivity index (χ1v) is 11.9. The van der Waals surface area contributed by atoms with Gasteiger partial charge in [0.05, 0.1) is 26.9 Å². The summed E-state index contributed by atoms with van der Waals surface area (Å²) in [6, 6.07) is 14.3. The molecule has 3 aromatic rings. The van der Waals surface area contributed by atoms with E-state index >= 15 is 0 Å². The van der Waals surface area contributed by atoms with E-state index in [0.29, 0.717) is 55.0 Å². The van der Waals surface area contributed by atoms with Crippen molar-refractivity contribution in [3.63, 3.8) is 0 Å². The van der Waals surface area contributed by atoms with Crippen LogP contribution >= 0.6 is 0 Å². The number of ether oxygens (including phenoxy) is 4. The smallest absolute Gasteiger partial charge is 0.269 e. The normalized spacial score (nSPS) is 10.4. The fraction of sp³-hybridized carbons (Fsp3) is 0.333. The van der Waals surface area contributed by atoms with Gasteiger partial charge in [-0.15, -0.1) is 0 Å². The van der Waals surface area contributed by atoms with Crippen LogP contribution in [-0.2, 0) is 11.2 Å². The summed E-state index contributed by atoms with van der Waals surface area (Å²) < 4.78 is 27.9. The number of amides is 2. The molecule has 9 heteroatoms. The molecule has 0 unspecified atom stereocenters. The molecule has 0 saturated heterocycles. The second kappa shape index (κ2) is 13.1. The Morgan fingerprint density at radius 2 is 1.47 bits per heavy atom. The topological polar surface area (TPSA) is 108 Å². The lowest BCUT2D eigenvalue weighted by atomic mass is 10.1. The summed E-state index contributed by atoms with van der Waals surface area (Å²) in [6.45, 7) is 6.72. The fourth-order valence-corrected chi connectivity index (χ4v) is 3.44. The summed E-state index contributed by atoms with van der Waals surface area (Å²) in [4.78, 5) is 25.0. The molecule has 0 aliphatic rings. The van der Waals surface area contributed by atoms with E-state index in [1.165, 1.54) is 0 Å².